The minimum absolute atomic E-state index is 0.140. The monoisotopic (exact) mass is 267 g/mol. The van der Waals surface area contributed by atoms with E-state index in [-0.39, 0.29) is 12.1 Å². The molecule has 0 aromatic carbocycles. The van der Waals surface area contributed by atoms with E-state index < -0.39 is 0 Å². The van der Waals surface area contributed by atoms with E-state index in [4.69, 9.17) is 10.5 Å². The number of anilines is 1. The zero-order valence-electron chi connectivity index (χ0n) is 11.6. The molecule has 1 aromatic rings. The summed E-state index contributed by atoms with van der Waals surface area (Å²) in [6.07, 6.45) is 1.98. The van der Waals surface area contributed by atoms with Crippen molar-refractivity contribution in [2.75, 3.05) is 5.73 Å². The van der Waals surface area contributed by atoms with Crippen molar-refractivity contribution in [3.8, 4) is 0 Å². The predicted octanol–water partition coefficient (Wildman–Crippen LogP) is 3.95. The molecular formula is C14H21NO2S. The summed E-state index contributed by atoms with van der Waals surface area (Å²) in [5.41, 5.74) is 7.94. The Hall–Kier alpha value is -1.29. The molecule has 0 aliphatic carbocycles. The Bertz CT molecular complexity index is 458. The number of thiophene rings is 1. The number of rotatable bonds is 4. The molecule has 1 aromatic heterocycles. The number of hydrogen-bond donors (Lipinski definition) is 1. The average Bonchev–Trinajstić information content (AvgIpc) is 2.57. The maximum absolute atomic E-state index is 12.0. The van der Waals surface area contributed by atoms with Crippen LogP contribution in [0.5, 0.6) is 0 Å². The molecule has 0 amide bonds. The lowest BCUT2D eigenvalue weighted by molar-refractivity contribution is 0.0379. The number of nitrogen functional groups attached to an aromatic ring is 1. The fourth-order valence-corrected chi connectivity index (χ4v) is 2.66. The van der Waals surface area contributed by atoms with Crippen LogP contribution >= 0.6 is 11.3 Å². The standard InChI is InChI=1S/C14H21NO2S/c1-8(2)6-10(5)13-12(11(15)7-18-13)14(16)17-9(3)4/h6-9H,15H2,1-5H3. The lowest BCUT2D eigenvalue weighted by Crippen LogP contribution is -2.13. The van der Waals surface area contributed by atoms with Crippen LogP contribution in [0.3, 0.4) is 0 Å². The van der Waals surface area contributed by atoms with Crippen LogP contribution in [0, 0.1) is 5.92 Å². The molecule has 0 saturated heterocycles. The summed E-state index contributed by atoms with van der Waals surface area (Å²) in [6.45, 7) is 9.87. The Morgan fingerprint density at radius 3 is 2.50 bits per heavy atom. The number of hydrogen-bond acceptors (Lipinski definition) is 4. The zero-order chi connectivity index (χ0) is 13.9. The maximum Gasteiger partial charge on any atom is 0.341 e. The van der Waals surface area contributed by atoms with Crippen molar-refractivity contribution in [1.82, 2.24) is 0 Å². The van der Waals surface area contributed by atoms with Crippen molar-refractivity contribution >= 4 is 28.6 Å². The largest absolute Gasteiger partial charge is 0.459 e. The third kappa shape index (κ3) is 3.60. The Morgan fingerprint density at radius 2 is 2.00 bits per heavy atom. The molecule has 0 aliphatic heterocycles. The minimum atomic E-state index is -0.338. The van der Waals surface area contributed by atoms with Gasteiger partial charge in [0.25, 0.3) is 0 Å². The highest BCUT2D eigenvalue weighted by Crippen LogP contribution is 2.32. The van der Waals surface area contributed by atoms with Crippen LogP contribution in [0.4, 0.5) is 5.69 Å². The van der Waals surface area contributed by atoms with Gasteiger partial charge in [0.2, 0.25) is 0 Å². The molecule has 2 N–H and O–H groups in total. The maximum atomic E-state index is 12.0. The average molecular weight is 267 g/mol. The van der Waals surface area contributed by atoms with Gasteiger partial charge in [0.05, 0.1) is 11.8 Å². The summed E-state index contributed by atoms with van der Waals surface area (Å²) >= 11 is 1.49. The molecule has 0 aliphatic rings. The molecule has 1 rings (SSSR count). The Morgan fingerprint density at radius 1 is 1.39 bits per heavy atom. The zero-order valence-corrected chi connectivity index (χ0v) is 12.4. The molecule has 18 heavy (non-hydrogen) atoms. The highest BCUT2D eigenvalue weighted by molar-refractivity contribution is 7.12. The summed E-state index contributed by atoms with van der Waals surface area (Å²) in [5, 5.41) is 1.80. The molecular weight excluding hydrogens is 246 g/mol. The van der Waals surface area contributed by atoms with E-state index in [0.717, 1.165) is 10.5 Å². The fraction of sp³-hybridized carbons (Fsp3) is 0.500. The first kappa shape index (κ1) is 14.8. The first-order valence-electron chi connectivity index (χ1n) is 6.09. The summed E-state index contributed by atoms with van der Waals surface area (Å²) in [4.78, 5) is 12.9. The van der Waals surface area contributed by atoms with Gasteiger partial charge in [0, 0.05) is 10.3 Å². The van der Waals surface area contributed by atoms with E-state index >= 15 is 0 Å². The first-order valence-corrected chi connectivity index (χ1v) is 6.97. The molecule has 4 heteroatoms. The van der Waals surface area contributed by atoms with E-state index in [0.29, 0.717) is 17.2 Å². The number of nitrogens with two attached hydrogens (primary N) is 1. The van der Waals surface area contributed by atoms with Gasteiger partial charge in [-0.15, -0.1) is 11.3 Å². The third-order valence-electron chi connectivity index (χ3n) is 2.31. The minimum Gasteiger partial charge on any atom is -0.459 e. The molecule has 100 valence electrons. The van der Waals surface area contributed by atoms with Crippen LogP contribution < -0.4 is 5.73 Å². The number of carbonyl (C=O) groups is 1. The normalized spacial score (nSPS) is 12.3. The topological polar surface area (TPSA) is 52.3 Å². The van der Waals surface area contributed by atoms with Gasteiger partial charge in [0.15, 0.2) is 0 Å². The molecule has 0 unspecified atom stereocenters. The molecule has 0 atom stereocenters. The second-order valence-electron chi connectivity index (χ2n) is 4.94. The Labute approximate surface area is 113 Å². The van der Waals surface area contributed by atoms with Gasteiger partial charge >= 0.3 is 5.97 Å². The van der Waals surface area contributed by atoms with Gasteiger partial charge in [-0.25, -0.2) is 4.79 Å². The van der Waals surface area contributed by atoms with Crippen LogP contribution in [-0.4, -0.2) is 12.1 Å². The van der Waals surface area contributed by atoms with Gasteiger partial charge in [-0.1, -0.05) is 19.9 Å². The Balaban J connectivity index is 3.13. The van der Waals surface area contributed by atoms with Crippen LogP contribution in [0.15, 0.2) is 11.5 Å². The molecule has 3 nitrogen and oxygen atoms in total. The smallest absolute Gasteiger partial charge is 0.341 e. The van der Waals surface area contributed by atoms with Crippen LogP contribution in [0.25, 0.3) is 5.57 Å². The van der Waals surface area contributed by atoms with Crippen molar-refractivity contribution in [2.45, 2.75) is 40.7 Å². The quantitative estimate of drug-likeness (QED) is 0.840. The van der Waals surface area contributed by atoms with Crippen molar-refractivity contribution in [3.05, 3.63) is 21.9 Å². The van der Waals surface area contributed by atoms with E-state index in [9.17, 15) is 4.79 Å². The number of carbonyl (C=O) groups excluding carboxylic acids is 1. The van der Waals surface area contributed by atoms with Crippen molar-refractivity contribution in [2.24, 2.45) is 5.92 Å². The second-order valence-corrected chi connectivity index (χ2v) is 5.82. The number of esters is 1. The lowest BCUT2D eigenvalue weighted by atomic mass is 10.1. The summed E-state index contributed by atoms with van der Waals surface area (Å²) in [7, 11) is 0. The van der Waals surface area contributed by atoms with E-state index in [2.05, 4.69) is 19.9 Å². The van der Waals surface area contributed by atoms with Crippen LogP contribution in [-0.2, 0) is 4.74 Å². The van der Waals surface area contributed by atoms with Crippen LogP contribution in [0.2, 0.25) is 0 Å². The van der Waals surface area contributed by atoms with Gasteiger partial charge in [-0.3, -0.25) is 0 Å². The molecule has 0 radical (unpaired) electrons. The lowest BCUT2D eigenvalue weighted by Gasteiger charge is -2.10. The molecule has 0 fully saturated rings. The summed E-state index contributed by atoms with van der Waals surface area (Å²) in [6, 6.07) is 0. The predicted molar refractivity (Wildman–Crippen MR) is 77.8 cm³/mol. The fourth-order valence-electron chi connectivity index (χ4n) is 1.72. The third-order valence-corrected chi connectivity index (χ3v) is 3.44. The molecule has 1 heterocycles. The van der Waals surface area contributed by atoms with Crippen molar-refractivity contribution < 1.29 is 9.53 Å². The molecule has 0 spiro atoms. The molecule has 0 saturated carbocycles. The van der Waals surface area contributed by atoms with Crippen LogP contribution in [0.1, 0.15) is 49.9 Å². The highest BCUT2D eigenvalue weighted by atomic mass is 32.1. The molecule has 0 bridgehead atoms. The second kappa shape index (κ2) is 6.05. The Kier molecular flexibility index (Phi) is 4.96. The van der Waals surface area contributed by atoms with Gasteiger partial charge < -0.3 is 10.5 Å². The van der Waals surface area contributed by atoms with Crippen molar-refractivity contribution in [3.63, 3.8) is 0 Å². The first-order chi connectivity index (χ1) is 8.32. The number of ether oxygens (including phenoxy) is 1. The van der Waals surface area contributed by atoms with Crippen molar-refractivity contribution in [1.29, 1.82) is 0 Å². The van der Waals surface area contributed by atoms with E-state index in [1.54, 1.807) is 5.38 Å². The SMILES string of the molecule is CC(=CC(C)C)c1scc(N)c1C(=O)OC(C)C. The van der Waals surface area contributed by atoms with Gasteiger partial charge in [0.1, 0.15) is 5.56 Å². The highest BCUT2D eigenvalue weighted by Gasteiger charge is 2.20. The summed E-state index contributed by atoms with van der Waals surface area (Å²) < 4.78 is 5.23. The van der Waals surface area contributed by atoms with E-state index in [1.165, 1.54) is 11.3 Å². The number of allylic oxidation sites excluding steroid dienone is 2. The van der Waals surface area contributed by atoms with Gasteiger partial charge in [-0.05, 0) is 32.3 Å². The van der Waals surface area contributed by atoms with Gasteiger partial charge in [-0.2, -0.15) is 0 Å². The van der Waals surface area contributed by atoms with E-state index in [1.807, 2.05) is 20.8 Å². The summed E-state index contributed by atoms with van der Waals surface area (Å²) in [5.74, 6) is 0.0950.